The molecule has 0 radical (unpaired) electrons. The first-order valence-electron chi connectivity index (χ1n) is 30.5. The highest BCUT2D eigenvalue weighted by Crippen LogP contribution is 2.34. The van der Waals surface area contributed by atoms with Crippen molar-refractivity contribution in [2.24, 2.45) is 11.8 Å². The molecule has 1 atom stereocenters. The molecule has 0 aromatic carbocycles. The molecule has 1 aromatic heterocycles. The third kappa shape index (κ3) is 36.8. The van der Waals surface area contributed by atoms with Gasteiger partial charge in [-0.15, -0.1) is 11.3 Å². The lowest BCUT2D eigenvalue weighted by Crippen LogP contribution is -2.35. The molecule has 0 spiro atoms. The molecule has 0 saturated heterocycles. The first kappa shape index (κ1) is 70.2. The lowest BCUT2D eigenvalue weighted by Gasteiger charge is -2.27. The SMILES string of the molecule is CC.CCCCCCCCC(CCCCCC)C(=O)OCCCCCC(=O)N1CCc2c(sc(C)c2C(=O)OCCCN(C)C)C1.CCCCCCCCC(CCCCCCCC)C(=O)OCCCCCC=O. The summed E-state index contributed by atoms with van der Waals surface area (Å²) in [5, 5.41) is 0. The van der Waals surface area contributed by atoms with Gasteiger partial charge in [0.25, 0.3) is 0 Å². The predicted octanol–water partition coefficient (Wildman–Crippen LogP) is 16.9. The van der Waals surface area contributed by atoms with E-state index in [9.17, 15) is 24.0 Å². The van der Waals surface area contributed by atoms with Crippen LogP contribution in [0.2, 0.25) is 0 Å². The summed E-state index contributed by atoms with van der Waals surface area (Å²) in [5.41, 5.74) is 1.78. The number of ether oxygens (including phenoxy) is 3. The third-order valence-corrected chi connectivity index (χ3v) is 15.2. The zero-order valence-corrected chi connectivity index (χ0v) is 49.8. The molecule has 1 amide bonds. The maximum atomic E-state index is 13.0. The fourth-order valence-electron chi connectivity index (χ4n) is 9.53. The van der Waals surface area contributed by atoms with Crippen LogP contribution in [0.1, 0.15) is 292 Å². The molecule has 426 valence electrons. The van der Waals surface area contributed by atoms with Crippen LogP contribution in [0.25, 0.3) is 0 Å². The van der Waals surface area contributed by atoms with Gasteiger partial charge in [0.05, 0.1) is 43.8 Å². The number of amides is 1. The monoisotopic (exact) mass is 1050 g/mol. The van der Waals surface area contributed by atoms with Crippen molar-refractivity contribution in [3.8, 4) is 0 Å². The van der Waals surface area contributed by atoms with Gasteiger partial charge in [-0.05, 0) is 104 Å². The van der Waals surface area contributed by atoms with Crippen LogP contribution in [0.5, 0.6) is 0 Å². The molecule has 0 saturated carbocycles. The maximum Gasteiger partial charge on any atom is 0.339 e. The van der Waals surface area contributed by atoms with Crippen LogP contribution in [0.4, 0.5) is 0 Å². The Morgan fingerprint density at radius 1 is 0.562 bits per heavy atom. The van der Waals surface area contributed by atoms with Gasteiger partial charge >= 0.3 is 17.9 Å². The number of carbonyl (C=O) groups excluding carboxylic acids is 5. The van der Waals surface area contributed by atoms with Crippen LogP contribution in [-0.2, 0) is 46.4 Å². The van der Waals surface area contributed by atoms with Crippen molar-refractivity contribution < 1.29 is 38.2 Å². The third-order valence-electron chi connectivity index (χ3n) is 14.1. The topological polar surface area (TPSA) is 120 Å². The minimum atomic E-state index is -0.232. The first-order chi connectivity index (χ1) is 35.5. The molecule has 0 fully saturated rings. The van der Waals surface area contributed by atoms with Gasteiger partial charge in [0.15, 0.2) is 0 Å². The van der Waals surface area contributed by atoms with E-state index in [1.165, 1.54) is 116 Å². The van der Waals surface area contributed by atoms with Gasteiger partial charge in [-0.1, -0.05) is 183 Å². The van der Waals surface area contributed by atoms with Crippen LogP contribution in [-0.4, -0.2) is 86.9 Å². The maximum absolute atomic E-state index is 13.0. The van der Waals surface area contributed by atoms with E-state index in [2.05, 4.69) is 32.6 Å². The van der Waals surface area contributed by atoms with E-state index in [4.69, 9.17) is 14.2 Å². The number of aldehydes is 1. The lowest BCUT2D eigenvalue weighted by atomic mass is 9.94. The first-order valence-corrected chi connectivity index (χ1v) is 31.3. The van der Waals surface area contributed by atoms with E-state index in [0.29, 0.717) is 57.7 Å². The van der Waals surface area contributed by atoms with Crippen LogP contribution < -0.4 is 0 Å². The van der Waals surface area contributed by atoms with Gasteiger partial charge in [-0.2, -0.15) is 0 Å². The zero-order valence-electron chi connectivity index (χ0n) is 49.0. The summed E-state index contributed by atoms with van der Waals surface area (Å²) in [5.74, 6) is 0.0696. The van der Waals surface area contributed by atoms with Gasteiger partial charge in [0.2, 0.25) is 5.91 Å². The average Bonchev–Trinajstić information content (AvgIpc) is 3.73. The molecule has 2 heterocycles. The van der Waals surface area contributed by atoms with Crippen molar-refractivity contribution in [3.63, 3.8) is 0 Å². The second-order valence-corrected chi connectivity index (χ2v) is 22.2. The number of hydrogen-bond acceptors (Lipinski definition) is 10. The van der Waals surface area contributed by atoms with Gasteiger partial charge in [0.1, 0.15) is 6.29 Å². The number of esters is 3. The summed E-state index contributed by atoms with van der Waals surface area (Å²) < 4.78 is 16.8. The Labute approximate surface area is 453 Å². The summed E-state index contributed by atoms with van der Waals surface area (Å²) in [6.45, 7) is 18.4. The van der Waals surface area contributed by atoms with Gasteiger partial charge in [-0.25, -0.2) is 4.79 Å². The van der Waals surface area contributed by atoms with Crippen LogP contribution >= 0.6 is 11.3 Å². The van der Waals surface area contributed by atoms with Crippen molar-refractivity contribution in [2.75, 3.05) is 47.0 Å². The number of unbranched alkanes of at least 4 members (excludes halogenated alkanes) is 23. The van der Waals surface area contributed by atoms with E-state index in [1.807, 2.05) is 39.8 Å². The number of thiophene rings is 1. The molecule has 1 aliphatic rings. The molecule has 1 aliphatic heterocycles. The Morgan fingerprint density at radius 2 is 0.973 bits per heavy atom. The summed E-state index contributed by atoms with van der Waals surface area (Å²) in [6, 6.07) is 0. The Morgan fingerprint density at radius 3 is 1.42 bits per heavy atom. The van der Waals surface area contributed by atoms with E-state index >= 15 is 0 Å². The Kier molecular flexibility index (Phi) is 48.1. The molecule has 10 nitrogen and oxygen atoms in total. The molecule has 2 rings (SSSR count). The quantitative estimate of drug-likeness (QED) is 0.0272. The van der Waals surface area contributed by atoms with Crippen molar-refractivity contribution in [1.82, 2.24) is 9.80 Å². The summed E-state index contributed by atoms with van der Waals surface area (Å²) in [4.78, 5) is 67.5. The fraction of sp³-hybridized carbons (Fsp3) is 0.855. The highest BCUT2D eigenvalue weighted by Gasteiger charge is 2.29. The van der Waals surface area contributed by atoms with Crippen molar-refractivity contribution in [2.45, 2.75) is 286 Å². The normalized spacial score (nSPS) is 12.4. The largest absolute Gasteiger partial charge is 0.465 e. The number of rotatable bonds is 45. The highest BCUT2D eigenvalue weighted by molar-refractivity contribution is 7.12. The molecule has 11 heteroatoms. The van der Waals surface area contributed by atoms with E-state index in [-0.39, 0.29) is 35.7 Å². The van der Waals surface area contributed by atoms with Gasteiger partial charge in [-0.3, -0.25) is 14.4 Å². The van der Waals surface area contributed by atoms with Crippen LogP contribution in [0.15, 0.2) is 0 Å². The summed E-state index contributed by atoms with van der Waals surface area (Å²) >= 11 is 1.61. The Balaban J connectivity index is 0.00000153. The van der Waals surface area contributed by atoms with Crippen molar-refractivity contribution >= 4 is 41.4 Å². The second-order valence-electron chi connectivity index (χ2n) is 20.9. The van der Waals surface area contributed by atoms with Gasteiger partial charge < -0.3 is 28.8 Å². The second kappa shape index (κ2) is 50.1. The molecule has 0 bridgehead atoms. The zero-order chi connectivity index (χ0) is 54.2. The Bertz CT molecular complexity index is 1480. The summed E-state index contributed by atoms with van der Waals surface area (Å²) in [6.07, 6.45) is 40.1. The minimum Gasteiger partial charge on any atom is -0.465 e. The number of aryl methyl sites for hydroxylation is 1. The van der Waals surface area contributed by atoms with Crippen molar-refractivity contribution in [1.29, 1.82) is 0 Å². The van der Waals surface area contributed by atoms with Crippen LogP contribution in [0, 0.1) is 18.8 Å². The molecule has 73 heavy (non-hydrogen) atoms. The number of carbonyl (C=O) groups is 5. The molecular weight excluding hydrogens is 933 g/mol. The van der Waals surface area contributed by atoms with E-state index < -0.39 is 0 Å². The molecule has 1 aromatic rings. The minimum absolute atomic E-state index is 0.0155. The molecule has 0 N–H and O–H groups in total. The van der Waals surface area contributed by atoms with Crippen molar-refractivity contribution in [3.05, 3.63) is 20.9 Å². The van der Waals surface area contributed by atoms with Gasteiger partial charge in [0, 0.05) is 35.7 Å². The predicted molar refractivity (Wildman–Crippen MR) is 308 cm³/mol. The smallest absolute Gasteiger partial charge is 0.339 e. The molecule has 1 unspecified atom stereocenters. The number of nitrogens with zero attached hydrogens (tertiary/aromatic N) is 2. The average molecular weight is 1050 g/mol. The van der Waals surface area contributed by atoms with E-state index in [0.717, 1.165) is 124 Å². The standard InChI is InChI=1S/C36H62N2O5S.C24H46O3.C2H6/c1-6-8-10-12-13-16-21-30(20-15-11-9-7-2)35(40)42-26-18-14-17-22-33(39)38-25-23-31-32(28-38)44-29(3)34(31)36(41)43-27-19-24-37(4)5;1-3-5-7-9-11-15-19-23(20-16-12-10-8-6-4-2)24(26)27-22-18-14-13-17-21-25;1-2/h30H,6-28H2,1-5H3;21,23H,3-20,22H2,1-2H3;1-2H3. The Hall–Kier alpha value is -2.79. The van der Waals surface area contributed by atoms with Crippen LogP contribution in [0.3, 0.4) is 0 Å². The lowest BCUT2D eigenvalue weighted by molar-refractivity contribution is -0.150. The number of fused-ring (bicyclic) bond motifs is 1. The number of hydrogen-bond donors (Lipinski definition) is 0. The van der Waals surface area contributed by atoms with E-state index in [1.54, 1.807) is 11.3 Å². The molecular formula is C62H114N2O8S. The summed E-state index contributed by atoms with van der Waals surface area (Å²) in [7, 11) is 4.02. The highest BCUT2D eigenvalue weighted by atomic mass is 32.1. The molecule has 0 aliphatic carbocycles. The fourth-order valence-corrected chi connectivity index (χ4v) is 10.8.